The zero-order valence-electron chi connectivity index (χ0n) is 11.6. The smallest absolute Gasteiger partial charge is 0.111 e. The Labute approximate surface area is 114 Å². The Morgan fingerprint density at radius 2 is 2.16 bits per heavy atom. The Morgan fingerprint density at radius 1 is 1.42 bits per heavy atom. The highest BCUT2D eigenvalue weighted by atomic mass is 15.2. The van der Waals surface area contributed by atoms with Crippen LogP contribution in [0, 0.1) is 11.8 Å². The number of benzene rings is 1. The standard InChI is InChI=1S/C15H22N4/c1-10(11-7-8-11)13(18-16)9-15-17-12-5-3-4-6-14(12)19(15)2/h3-6,10-11,13,18H,7-9,16H2,1-2H3. The van der Waals surface area contributed by atoms with E-state index in [2.05, 4.69) is 42.2 Å². The highest BCUT2D eigenvalue weighted by molar-refractivity contribution is 5.75. The molecule has 102 valence electrons. The number of aryl methyl sites for hydroxylation is 1. The molecule has 1 aliphatic carbocycles. The van der Waals surface area contributed by atoms with Crippen molar-refractivity contribution in [3.63, 3.8) is 0 Å². The second-order valence-electron chi connectivity index (χ2n) is 5.75. The van der Waals surface area contributed by atoms with Gasteiger partial charge in [0.15, 0.2) is 0 Å². The van der Waals surface area contributed by atoms with Crippen LogP contribution in [0.2, 0.25) is 0 Å². The quantitative estimate of drug-likeness (QED) is 0.637. The summed E-state index contributed by atoms with van der Waals surface area (Å²) in [5.74, 6) is 8.31. The van der Waals surface area contributed by atoms with E-state index >= 15 is 0 Å². The molecule has 1 fully saturated rings. The number of nitrogens with two attached hydrogens (primary N) is 1. The van der Waals surface area contributed by atoms with Crippen LogP contribution >= 0.6 is 0 Å². The summed E-state index contributed by atoms with van der Waals surface area (Å²) in [5.41, 5.74) is 5.24. The number of nitrogens with zero attached hydrogens (tertiary/aromatic N) is 2. The third kappa shape index (κ3) is 2.38. The molecule has 0 aliphatic heterocycles. The van der Waals surface area contributed by atoms with E-state index in [1.165, 1.54) is 18.4 Å². The fraction of sp³-hybridized carbons (Fsp3) is 0.533. The van der Waals surface area contributed by atoms with Gasteiger partial charge in [-0.25, -0.2) is 4.98 Å². The van der Waals surface area contributed by atoms with Crippen molar-refractivity contribution < 1.29 is 0 Å². The summed E-state index contributed by atoms with van der Waals surface area (Å²) >= 11 is 0. The molecule has 0 radical (unpaired) electrons. The number of hydrogen-bond acceptors (Lipinski definition) is 3. The molecule has 1 aromatic heterocycles. The highest BCUT2D eigenvalue weighted by Gasteiger charge is 2.33. The summed E-state index contributed by atoms with van der Waals surface area (Å²) in [6.07, 6.45) is 3.59. The molecule has 0 amide bonds. The topological polar surface area (TPSA) is 55.9 Å². The molecule has 1 aliphatic rings. The zero-order chi connectivity index (χ0) is 13.4. The molecule has 0 spiro atoms. The van der Waals surface area contributed by atoms with Gasteiger partial charge >= 0.3 is 0 Å². The number of hydrogen-bond donors (Lipinski definition) is 2. The number of para-hydroxylation sites is 2. The maximum atomic E-state index is 5.74. The van der Waals surface area contributed by atoms with E-state index in [0.29, 0.717) is 12.0 Å². The number of nitrogens with one attached hydrogen (secondary N) is 1. The fourth-order valence-corrected chi connectivity index (χ4v) is 2.92. The molecule has 4 nitrogen and oxygen atoms in total. The van der Waals surface area contributed by atoms with Crippen LogP contribution in [-0.2, 0) is 13.5 Å². The van der Waals surface area contributed by atoms with E-state index in [4.69, 9.17) is 10.8 Å². The largest absolute Gasteiger partial charge is 0.331 e. The molecule has 1 saturated carbocycles. The van der Waals surface area contributed by atoms with Gasteiger partial charge < -0.3 is 4.57 Å². The SMILES string of the molecule is CC(C1CC1)C(Cc1nc2ccccc2n1C)NN. The normalized spacial score (nSPS) is 18.7. The second kappa shape index (κ2) is 4.94. The Kier molecular flexibility index (Phi) is 3.29. The van der Waals surface area contributed by atoms with Gasteiger partial charge in [-0.1, -0.05) is 19.1 Å². The van der Waals surface area contributed by atoms with E-state index in [9.17, 15) is 0 Å². The van der Waals surface area contributed by atoms with Gasteiger partial charge in [0, 0.05) is 19.5 Å². The van der Waals surface area contributed by atoms with Crippen LogP contribution in [0.25, 0.3) is 11.0 Å². The molecule has 3 rings (SSSR count). The number of fused-ring (bicyclic) bond motifs is 1. The van der Waals surface area contributed by atoms with E-state index in [0.717, 1.165) is 23.7 Å². The van der Waals surface area contributed by atoms with Gasteiger partial charge in [0.1, 0.15) is 5.82 Å². The molecule has 1 heterocycles. The predicted octanol–water partition coefficient (Wildman–Crippen LogP) is 1.99. The van der Waals surface area contributed by atoms with Crippen molar-refractivity contribution >= 4 is 11.0 Å². The van der Waals surface area contributed by atoms with Crippen LogP contribution in [0.5, 0.6) is 0 Å². The zero-order valence-corrected chi connectivity index (χ0v) is 11.6. The highest BCUT2D eigenvalue weighted by Crippen LogP contribution is 2.38. The van der Waals surface area contributed by atoms with Crippen molar-refractivity contribution in [2.75, 3.05) is 0 Å². The molecule has 2 unspecified atom stereocenters. The molecule has 4 heteroatoms. The summed E-state index contributed by atoms with van der Waals surface area (Å²) in [6.45, 7) is 2.30. The number of imidazole rings is 1. The average Bonchev–Trinajstić information content (AvgIpc) is 3.22. The number of hydrazine groups is 1. The first-order chi connectivity index (χ1) is 9.20. The van der Waals surface area contributed by atoms with Crippen molar-refractivity contribution in [3.05, 3.63) is 30.1 Å². The minimum absolute atomic E-state index is 0.308. The van der Waals surface area contributed by atoms with E-state index in [1.54, 1.807) is 0 Å². The Morgan fingerprint density at radius 3 is 2.79 bits per heavy atom. The lowest BCUT2D eigenvalue weighted by molar-refractivity contribution is 0.337. The van der Waals surface area contributed by atoms with Gasteiger partial charge in [0.05, 0.1) is 11.0 Å². The lowest BCUT2D eigenvalue weighted by Crippen LogP contribution is -2.42. The van der Waals surface area contributed by atoms with E-state index in [1.807, 2.05) is 6.07 Å². The first-order valence-electron chi connectivity index (χ1n) is 7.07. The Hall–Kier alpha value is -1.39. The molecule has 3 N–H and O–H groups in total. The molecular weight excluding hydrogens is 236 g/mol. The molecule has 0 saturated heterocycles. The predicted molar refractivity (Wildman–Crippen MR) is 77.4 cm³/mol. The molecule has 2 aromatic rings. The van der Waals surface area contributed by atoms with Crippen molar-refractivity contribution in [2.24, 2.45) is 24.7 Å². The second-order valence-corrected chi connectivity index (χ2v) is 5.75. The lowest BCUT2D eigenvalue weighted by Gasteiger charge is -2.22. The van der Waals surface area contributed by atoms with Crippen LogP contribution in [0.1, 0.15) is 25.6 Å². The monoisotopic (exact) mass is 258 g/mol. The summed E-state index contributed by atoms with van der Waals surface area (Å²) in [7, 11) is 2.08. The van der Waals surface area contributed by atoms with Gasteiger partial charge in [0.2, 0.25) is 0 Å². The van der Waals surface area contributed by atoms with E-state index < -0.39 is 0 Å². The molecule has 2 atom stereocenters. The van der Waals surface area contributed by atoms with Gasteiger partial charge in [-0.3, -0.25) is 11.3 Å². The summed E-state index contributed by atoms with van der Waals surface area (Å²) in [5, 5.41) is 0. The van der Waals surface area contributed by atoms with Crippen LogP contribution in [0.3, 0.4) is 0 Å². The Balaban J connectivity index is 1.85. The van der Waals surface area contributed by atoms with Crippen LogP contribution in [-0.4, -0.2) is 15.6 Å². The van der Waals surface area contributed by atoms with Crippen molar-refractivity contribution in [3.8, 4) is 0 Å². The molecule has 1 aromatic carbocycles. The molecule has 0 bridgehead atoms. The minimum Gasteiger partial charge on any atom is -0.331 e. The number of rotatable bonds is 5. The van der Waals surface area contributed by atoms with Crippen LogP contribution in [0.15, 0.2) is 24.3 Å². The molecule has 19 heavy (non-hydrogen) atoms. The first-order valence-corrected chi connectivity index (χ1v) is 7.07. The van der Waals surface area contributed by atoms with Crippen molar-refractivity contribution in [1.29, 1.82) is 0 Å². The maximum absolute atomic E-state index is 5.74. The summed E-state index contributed by atoms with van der Waals surface area (Å²) < 4.78 is 2.18. The van der Waals surface area contributed by atoms with Crippen LogP contribution in [0.4, 0.5) is 0 Å². The van der Waals surface area contributed by atoms with Gasteiger partial charge in [-0.05, 0) is 36.8 Å². The Bertz CT molecular complexity index is 571. The van der Waals surface area contributed by atoms with E-state index in [-0.39, 0.29) is 0 Å². The van der Waals surface area contributed by atoms with Gasteiger partial charge in [-0.2, -0.15) is 0 Å². The minimum atomic E-state index is 0.308. The van der Waals surface area contributed by atoms with Crippen molar-refractivity contribution in [2.45, 2.75) is 32.2 Å². The summed E-state index contributed by atoms with van der Waals surface area (Å²) in [4.78, 5) is 4.73. The lowest BCUT2D eigenvalue weighted by atomic mass is 9.94. The molecular formula is C15H22N4. The summed E-state index contributed by atoms with van der Waals surface area (Å²) in [6, 6.07) is 8.57. The third-order valence-electron chi connectivity index (χ3n) is 4.50. The average molecular weight is 258 g/mol. The van der Waals surface area contributed by atoms with Crippen molar-refractivity contribution in [1.82, 2.24) is 15.0 Å². The number of aromatic nitrogens is 2. The van der Waals surface area contributed by atoms with Crippen LogP contribution < -0.4 is 11.3 Å². The maximum Gasteiger partial charge on any atom is 0.111 e. The van der Waals surface area contributed by atoms with Gasteiger partial charge in [0.25, 0.3) is 0 Å². The third-order valence-corrected chi connectivity index (χ3v) is 4.50. The van der Waals surface area contributed by atoms with Gasteiger partial charge in [-0.15, -0.1) is 0 Å². The first kappa shape index (κ1) is 12.6. The fourth-order valence-electron chi connectivity index (χ4n) is 2.92.